The Kier molecular flexibility index (Phi) is 9.57. The van der Waals surface area contributed by atoms with Crippen LogP contribution in [0.5, 0.6) is 0 Å². The van der Waals surface area contributed by atoms with Gasteiger partial charge in [-0.1, -0.05) is 36.4 Å². The van der Waals surface area contributed by atoms with Gasteiger partial charge >= 0.3 is 0 Å². The number of amides is 3. The van der Waals surface area contributed by atoms with Crippen LogP contribution in [0.25, 0.3) is 6.08 Å². The summed E-state index contributed by atoms with van der Waals surface area (Å²) in [5, 5.41) is 18.8. The average molecular weight is 571 g/mol. The van der Waals surface area contributed by atoms with E-state index < -0.39 is 22.6 Å². The number of carbonyl (C=O) groups is 3. The van der Waals surface area contributed by atoms with Gasteiger partial charge in [0.15, 0.2) is 0 Å². The molecule has 0 aliphatic heterocycles. The maximum absolute atomic E-state index is 13.4. The molecule has 0 radical (unpaired) electrons. The number of rotatable bonds is 10. The molecule has 3 N–H and O–H groups in total. The second kappa shape index (κ2) is 13.7. The minimum Gasteiger partial charge on any atom is -0.325 e. The zero-order valence-corrected chi connectivity index (χ0v) is 22.2. The SMILES string of the molecule is O=C(CSc1cccc(NC(=O)/C(=C/c2ccc(F)cc2)NC(=O)c2ccccc2)c1)Nc1ccc([N+](=O)[O-])cc1. The highest BCUT2D eigenvalue weighted by molar-refractivity contribution is 8.00. The smallest absolute Gasteiger partial charge is 0.272 e. The summed E-state index contributed by atoms with van der Waals surface area (Å²) in [5.41, 5.74) is 1.59. The number of anilines is 2. The average Bonchev–Trinajstić information content (AvgIpc) is 2.97. The van der Waals surface area contributed by atoms with E-state index >= 15 is 0 Å². The normalized spacial score (nSPS) is 10.9. The summed E-state index contributed by atoms with van der Waals surface area (Å²) in [7, 11) is 0. The molecule has 3 amide bonds. The highest BCUT2D eigenvalue weighted by atomic mass is 32.2. The van der Waals surface area contributed by atoms with Crippen molar-refractivity contribution in [3.8, 4) is 0 Å². The molecule has 0 bridgehead atoms. The first-order chi connectivity index (χ1) is 19.8. The Bertz CT molecular complexity index is 1590. The first kappa shape index (κ1) is 28.7. The zero-order valence-electron chi connectivity index (χ0n) is 21.4. The summed E-state index contributed by atoms with van der Waals surface area (Å²) < 4.78 is 13.4. The van der Waals surface area contributed by atoms with Crippen LogP contribution < -0.4 is 16.0 Å². The van der Waals surface area contributed by atoms with Gasteiger partial charge in [0.05, 0.1) is 10.7 Å². The van der Waals surface area contributed by atoms with Crippen molar-refractivity contribution in [3.63, 3.8) is 0 Å². The molecule has 0 spiro atoms. The van der Waals surface area contributed by atoms with Gasteiger partial charge in [-0.3, -0.25) is 24.5 Å². The second-order valence-corrected chi connectivity index (χ2v) is 9.60. The number of hydrogen-bond acceptors (Lipinski definition) is 6. The van der Waals surface area contributed by atoms with Crippen LogP contribution in [0.4, 0.5) is 21.5 Å². The van der Waals surface area contributed by atoms with Crippen LogP contribution in [0, 0.1) is 15.9 Å². The molecule has 4 aromatic rings. The lowest BCUT2D eigenvalue weighted by Crippen LogP contribution is -2.30. The number of benzene rings is 4. The van der Waals surface area contributed by atoms with E-state index in [0.29, 0.717) is 27.4 Å². The lowest BCUT2D eigenvalue weighted by molar-refractivity contribution is -0.384. The molecule has 0 fully saturated rings. The molecule has 4 aromatic carbocycles. The molecule has 0 unspecified atom stereocenters. The Morgan fingerprint density at radius 1 is 0.829 bits per heavy atom. The van der Waals surface area contributed by atoms with Crippen molar-refractivity contribution >= 4 is 52.6 Å². The molecule has 0 aromatic heterocycles. The Hall–Kier alpha value is -5.29. The molecular formula is C30H23FN4O5S. The Labute approximate surface area is 238 Å². The van der Waals surface area contributed by atoms with Crippen molar-refractivity contribution in [1.29, 1.82) is 0 Å². The number of non-ortho nitro benzene ring substituents is 1. The minimum absolute atomic E-state index is 0.0500. The molecule has 0 atom stereocenters. The molecule has 206 valence electrons. The minimum atomic E-state index is -0.600. The molecule has 11 heteroatoms. The van der Waals surface area contributed by atoms with Gasteiger partial charge < -0.3 is 16.0 Å². The van der Waals surface area contributed by atoms with Crippen LogP contribution in [0.15, 0.2) is 114 Å². The Morgan fingerprint density at radius 3 is 2.22 bits per heavy atom. The van der Waals surface area contributed by atoms with Crippen molar-refractivity contribution in [3.05, 3.63) is 136 Å². The molecular weight excluding hydrogens is 547 g/mol. The summed E-state index contributed by atoms with van der Waals surface area (Å²) in [5.74, 6) is -1.78. The summed E-state index contributed by atoms with van der Waals surface area (Å²) in [6.45, 7) is 0. The third kappa shape index (κ3) is 8.60. The lowest BCUT2D eigenvalue weighted by Gasteiger charge is -2.12. The third-order valence-corrected chi connectivity index (χ3v) is 6.53. The molecule has 4 rings (SSSR count). The number of nitro benzene ring substituents is 1. The van der Waals surface area contributed by atoms with E-state index in [1.807, 2.05) is 0 Å². The fourth-order valence-corrected chi connectivity index (χ4v) is 4.30. The van der Waals surface area contributed by atoms with Gasteiger partial charge in [-0.2, -0.15) is 0 Å². The van der Waals surface area contributed by atoms with Crippen LogP contribution in [-0.4, -0.2) is 28.4 Å². The largest absolute Gasteiger partial charge is 0.325 e. The van der Waals surface area contributed by atoms with E-state index in [4.69, 9.17) is 0 Å². The molecule has 0 aliphatic carbocycles. The molecule has 0 saturated heterocycles. The molecule has 0 saturated carbocycles. The highest BCUT2D eigenvalue weighted by Gasteiger charge is 2.16. The Morgan fingerprint density at radius 2 is 1.54 bits per heavy atom. The second-order valence-electron chi connectivity index (χ2n) is 8.55. The van der Waals surface area contributed by atoms with E-state index in [1.54, 1.807) is 54.6 Å². The number of nitro groups is 1. The maximum Gasteiger partial charge on any atom is 0.272 e. The predicted octanol–water partition coefficient (Wildman–Crippen LogP) is 5.87. The van der Waals surface area contributed by atoms with Crippen LogP contribution in [-0.2, 0) is 9.59 Å². The summed E-state index contributed by atoms with van der Waals surface area (Å²) in [6.07, 6.45) is 1.44. The number of nitrogens with one attached hydrogen (secondary N) is 3. The molecule has 0 heterocycles. The quantitative estimate of drug-likeness (QED) is 0.0946. The van der Waals surface area contributed by atoms with Gasteiger partial charge in [0.1, 0.15) is 11.5 Å². The van der Waals surface area contributed by atoms with Gasteiger partial charge in [0.2, 0.25) is 5.91 Å². The fraction of sp³-hybridized carbons (Fsp3) is 0.0333. The van der Waals surface area contributed by atoms with Crippen molar-refractivity contribution in [2.45, 2.75) is 4.90 Å². The van der Waals surface area contributed by atoms with Gasteiger partial charge in [-0.25, -0.2) is 4.39 Å². The van der Waals surface area contributed by atoms with Crippen molar-refractivity contribution in [1.82, 2.24) is 5.32 Å². The third-order valence-electron chi connectivity index (χ3n) is 5.53. The first-order valence-electron chi connectivity index (χ1n) is 12.2. The van der Waals surface area contributed by atoms with Gasteiger partial charge in [-0.15, -0.1) is 11.8 Å². The topological polar surface area (TPSA) is 130 Å². The van der Waals surface area contributed by atoms with Crippen molar-refractivity contribution in [2.75, 3.05) is 16.4 Å². The zero-order chi connectivity index (χ0) is 29.2. The van der Waals surface area contributed by atoms with Crippen LogP contribution in [0.3, 0.4) is 0 Å². The van der Waals surface area contributed by atoms with Crippen LogP contribution in [0.2, 0.25) is 0 Å². The van der Waals surface area contributed by atoms with Gasteiger partial charge in [-0.05, 0) is 66.2 Å². The standard InChI is InChI=1S/C30H23FN4O5S/c31-22-11-9-20(10-12-22)17-27(34-29(37)21-5-2-1-3-6-21)30(38)33-24-7-4-8-26(18-24)41-19-28(36)32-23-13-15-25(16-14-23)35(39)40/h1-18H,19H2,(H,32,36)(H,33,38)(H,34,37)/b27-17-. The summed E-state index contributed by atoms with van der Waals surface area (Å²) in [4.78, 5) is 49.3. The van der Waals surface area contributed by atoms with E-state index in [2.05, 4.69) is 16.0 Å². The summed E-state index contributed by atoms with van der Waals surface area (Å²) in [6, 6.07) is 26.2. The number of carbonyl (C=O) groups excluding carboxylic acids is 3. The maximum atomic E-state index is 13.4. The Balaban J connectivity index is 1.42. The van der Waals surface area contributed by atoms with E-state index in [1.165, 1.54) is 66.4 Å². The highest BCUT2D eigenvalue weighted by Crippen LogP contribution is 2.23. The fourth-order valence-electron chi connectivity index (χ4n) is 3.54. The lowest BCUT2D eigenvalue weighted by atomic mass is 10.1. The van der Waals surface area contributed by atoms with Crippen molar-refractivity contribution < 1.29 is 23.7 Å². The molecule has 41 heavy (non-hydrogen) atoms. The van der Waals surface area contributed by atoms with Crippen LogP contribution in [0.1, 0.15) is 15.9 Å². The van der Waals surface area contributed by atoms with Gasteiger partial charge in [0.25, 0.3) is 17.5 Å². The number of nitrogens with zero attached hydrogens (tertiary/aromatic N) is 1. The molecule has 0 aliphatic rings. The van der Waals surface area contributed by atoms with E-state index in [9.17, 15) is 28.9 Å². The molecule has 9 nitrogen and oxygen atoms in total. The number of hydrogen-bond donors (Lipinski definition) is 3. The first-order valence-corrected chi connectivity index (χ1v) is 13.2. The van der Waals surface area contributed by atoms with E-state index in [0.717, 1.165) is 0 Å². The monoisotopic (exact) mass is 570 g/mol. The number of thioether (sulfide) groups is 1. The number of halogens is 1. The van der Waals surface area contributed by atoms with E-state index in [-0.39, 0.29) is 23.0 Å². The van der Waals surface area contributed by atoms with Crippen LogP contribution >= 0.6 is 11.8 Å². The van der Waals surface area contributed by atoms with Gasteiger partial charge in [0, 0.05) is 34.0 Å². The summed E-state index contributed by atoms with van der Waals surface area (Å²) >= 11 is 1.23. The van der Waals surface area contributed by atoms with Crippen molar-refractivity contribution in [2.24, 2.45) is 0 Å². The predicted molar refractivity (Wildman–Crippen MR) is 156 cm³/mol.